The minimum Gasteiger partial charge on any atom is -0.494 e. The largest absolute Gasteiger partial charge is 0.494 e. The van der Waals surface area contributed by atoms with Crippen LogP contribution in [0, 0.1) is 5.92 Å². The molecule has 2 aromatic rings. The van der Waals surface area contributed by atoms with Crippen molar-refractivity contribution in [3.8, 4) is 23.0 Å². The highest BCUT2D eigenvalue weighted by atomic mass is 16.5. The van der Waals surface area contributed by atoms with Crippen molar-refractivity contribution in [2.24, 2.45) is 5.92 Å². The Kier molecular flexibility index (Phi) is 23.1. The second kappa shape index (κ2) is 27.0. The fraction of sp³-hybridized carbons (Fsp3) is 0.659. The number of carbonyl (C=O) groups excluding carboxylic acids is 2. The third kappa shape index (κ3) is 20.7. The first kappa shape index (κ1) is 40.2. The SMILES string of the molecule is CCCCCCCCCCCCOc1ccc(OC(=O)CC(C)C(=O)Oc2ccc(OCCCCCCCCCCCC)cc2)cc1. The van der Waals surface area contributed by atoms with Gasteiger partial charge in [0.25, 0.3) is 0 Å². The third-order valence-electron chi connectivity index (χ3n) is 8.51. The molecule has 0 aliphatic rings. The van der Waals surface area contributed by atoms with E-state index >= 15 is 0 Å². The molecular weight excluding hydrogens is 588 g/mol. The minimum atomic E-state index is -0.640. The Balaban J connectivity index is 1.53. The van der Waals surface area contributed by atoms with Gasteiger partial charge in [0.1, 0.15) is 23.0 Å². The van der Waals surface area contributed by atoms with Crippen LogP contribution in [0.1, 0.15) is 156 Å². The quantitative estimate of drug-likeness (QED) is 0.0495. The van der Waals surface area contributed by atoms with Crippen LogP contribution in [0.3, 0.4) is 0 Å². The number of hydrogen-bond donors (Lipinski definition) is 0. The van der Waals surface area contributed by atoms with Gasteiger partial charge < -0.3 is 18.9 Å². The van der Waals surface area contributed by atoms with E-state index in [0.29, 0.717) is 24.7 Å². The molecule has 1 unspecified atom stereocenters. The van der Waals surface area contributed by atoms with Crippen molar-refractivity contribution in [2.75, 3.05) is 13.2 Å². The molecule has 0 aromatic heterocycles. The van der Waals surface area contributed by atoms with Crippen molar-refractivity contribution in [1.29, 1.82) is 0 Å². The molecule has 264 valence electrons. The Labute approximate surface area is 286 Å². The molecule has 0 saturated heterocycles. The Morgan fingerprint density at radius 2 is 0.787 bits per heavy atom. The van der Waals surface area contributed by atoms with Crippen LogP contribution in [-0.2, 0) is 9.59 Å². The molecular formula is C41H64O6. The van der Waals surface area contributed by atoms with Gasteiger partial charge in [-0.05, 0) is 61.4 Å². The summed E-state index contributed by atoms with van der Waals surface area (Å²) in [5.41, 5.74) is 0. The molecule has 2 rings (SSSR count). The maximum Gasteiger partial charge on any atom is 0.314 e. The van der Waals surface area contributed by atoms with Gasteiger partial charge in [-0.2, -0.15) is 0 Å². The van der Waals surface area contributed by atoms with Gasteiger partial charge in [-0.3, -0.25) is 9.59 Å². The zero-order chi connectivity index (χ0) is 33.8. The smallest absolute Gasteiger partial charge is 0.314 e. The lowest BCUT2D eigenvalue weighted by Gasteiger charge is -2.12. The van der Waals surface area contributed by atoms with Gasteiger partial charge in [0.15, 0.2) is 0 Å². The van der Waals surface area contributed by atoms with Crippen molar-refractivity contribution < 1.29 is 28.5 Å². The van der Waals surface area contributed by atoms with E-state index in [0.717, 1.165) is 24.3 Å². The lowest BCUT2D eigenvalue weighted by molar-refractivity contribution is -0.144. The van der Waals surface area contributed by atoms with Gasteiger partial charge >= 0.3 is 11.9 Å². The van der Waals surface area contributed by atoms with E-state index < -0.39 is 17.9 Å². The summed E-state index contributed by atoms with van der Waals surface area (Å²) in [6, 6.07) is 14.1. The number of rotatable bonds is 29. The van der Waals surface area contributed by atoms with Gasteiger partial charge in [0, 0.05) is 0 Å². The number of hydrogen-bond acceptors (Lipinski definition) is 6. The van der Waals surface area contributed by atoms with Crippen LogP contribution in [0.5, 0.6) is 23.0 Å². The molecule has 0 radical (unpaired) electrons. The Morgan fingerprint density at radius 1 is 0.468 bits per heavy atom. The predicted octanol–water partition coefficient (Wildman–Crippen LogP) is 11.8. The maximum atomic E-state index is 12.6. The summed E-state index contributed by atoms with van der Waals surface area (Å²) in [7, 11) is 0. The van der Waals surface area contributed by atoms with Crippen LogP contribution in [0.4, 0.5) is 0 Å². The van der Waals surface area contributed by atoms with Gasteiger partial charge in [-0.15, -0.1) is 0 Å². The van der Waals surface area contributed by atoms with E-state index in [9.17, 15) is 9.59 Å². The Hall–Kier alpha value is -3.02. The van der Waals surface area contributed by atoms with Crippen molar-refractivity contribution in [2.45, 2.75) is 156 Å². The molecule has 1 atom stereocenters. The zero-order valence-corrected chi connectivity index (χ0v) is 29.9. The predicted molar refractivity (Wildman–Crippen MR) is 193 cm³/mol. The molecule has 0 bridgehead atoms. The summed E-state index contributed by atoms with van der Waals surface area (Å²) < 4.78 is 22.6. The highest BCUT2D eigenvalue weighted by Crippen LogP contribution is 2.22. The molecule has 0 aliphatic heterocycles. The fourth-order valence-electron chi connectivity index (χ4n) is 5.49. The van der Waals surface area contributed by atoms with Crippen molar-refractivity contribution in [1.82, 2.24) is 0 Å². The Morgan fingerprint density at radius 3 is 1.17 bits per heavy atom. The molecule has 0 spiro atoms. The minimum absolute atomic E-state index is 0.0735. The second-order valence-corrected chi connectivity index (χ2v) is 13.0. The zero-order valence-electron chi connectivity index (χ0n) is 29.9. The van der Waals surface area contributed by atoms with Gasteiger partial charge in [0.2, 0.25) is 0 Å². The lowest BCUT2D eigenvalue weighted by Crippen LogP contribution is -2.22. The topological polar surface area (TPSA) is 71.1 Å². The van der Waals surface area contributed by atoms with Crippen LogP contribution in [0.2, 0.25) is 0 Å². The van der Waals surface area contributed by atoms with Crippen LogP contribution in [0.25, 0.3) is 0 Å². The highest BCUT2D eigenvalue weighted by molar-refractivity contribution is 5.82. The van der Waals surface area contributed by atoms with Crippen LogP contribution >= 0.6 is 0 Å². The van der Waals surface area contributed by atoms with E-state index in [1.165, 1.54) is 116 Å². The van der Waals surface area contributed by atoms with E-state index in [1.54, 1.807) is 43.3 Å². The normalized spacial score (nSPS) is 11.6. The van der Waals surface area contributed by atoms with Crippen LogP contribution < -0.4 is 18.9 Å². The van der Waals surface area contributed by atoms with Crippen molar-refractivity contribution in [3.05, 3.63) is 48.5 Å². The fourth-order valence-corrected chi connectivity index (χ4v) is 5.49. The molecule has 0 N–H and O–H groups in total. The number of unbranched alkanes of at least 4 members (excludes halogenated alkanes) is 18. The summed E-state index contributed by atoms with van der Waals surface area (Å²) in [5, 5.41) is 0. The molecule has 6 heteroatoms. The number of benzene rings is 2. The highest BCUT2D eigenvalue weighted by Gasteiger charge is 2.20. The van der Waals surface area contributed by atoms with E-state index in [2.05, 4.69) is 13.8 Å². The number of esters is 2. The number of ether oxygens (including phenoxy) is 4. The molecule has 47 heavy (non-hydrogen) atoms. The standard InChI is InChI=1S/C41H64O6/c1-4-6-8-10-12-14-16-18-20-22-32-44-36-24-28-38(29-25-36)46-40(42)34-35(3)41(43)47-39-30-26-37(27-31-39)45-33-23-21-19-17-15-13-11-9-7-5-2/h24-31,35H,4-23,32-34H2,1-3H3. The summed E-state index contributed by atoms with van der Waals surface area (Å²) in [5.74, 6) is 0.768. The number of carbonyl (C=O) groups is 2. The average Bonchev–Trinajstić information content (AvgIpc) is 3.07. The van der Waals surface area contributed by atoms with E-state index in [4.69, 9.17) is 18.9 Å². The summed E-state index contributed by atoms with van der Waals surface area (Å²) >= 11 is 0. The molecule has 6 nitrogen and oxygen atoms in total. The third-order valence-corrected chi connectivity index (χ3v) is 8.51. The second-order valence-electron chi connectivity index (χ2n) is 13.0. The molecule has 0 amide bonds. The van der Waals surface area contributed by atoms with Gasteiger partial charge in [-0.25, -0.2) is 0 Å². The summed E-state index contributed by atoms with van der Waals surface area (Å²) in [6.07, 6.45) is 25.8. The molecule has 0 heterocycles. The van der Waals surface area contributed by atoms with Gasteiger partial charge in [-0.1, -0.05) is 136 Å². The maximum absolute atomic E-state index is 12.6. The molecule has 0 saturated carbocycles. The lowest BCUT2D eigenvalue weighted by atomic mass is 10.1. The summed E-state index contributed by atoms with van der Waals surface area (Å²) in [6.45, 7) is 7.55. The monoisotopic (exact) mass is 652 g/mol. The average molecular weight is 653 g/mol. The van der Waals surface area contributed by atoms with Crippen molar-refractivity contribution in [3.63, 3.8) is 0 Å². The molecule has 2 aromatic carbocycles. The first-order valence-electron chi connectivity index (χ1n) is 18.9. The van der Waals surface area contributed by atoms with Crippen LogP contribution in [-0.4, -0.2) is 25.2 Å². The molecule has 0 fully saturated rings. The summed E-state index contributed by atoms with van der Waals surface area (Å²) in [4.78, 5) is 25.0. The molecule has 0 aliphatic carbocycles. The first-order chi connectivity index (χ1) is 23.0. The first-order valence-corrected chi connectivity index (χ1v) is 18.9. The van der Waals surface area contributed by atoms with Gasteiger partial charge in [0.05, 0.1) is 25.6 Å². The van der Waals surface area contributed by atoms with E-state index in [-0.39, 0.29) is 6.42 Å². The Bertz CT molecular complexity index is 1050. The van der Waals surface area contributed by atoms with E-state index in [1.807, 2.05) is 12.1 Å². The van der Waals surface area contributed by atoms with Crippen molar-refractivity contribution >= 4 is 11.9 Å². The van der Waals surface area contributed by atoms with Crippen LogP contribution in [0.15, 0.2) is 48.5 Å².